The summed E-state index contributed by atoms with van der Waals surface area (Å²) in [6.45, 7) is 4.65. The lowest BCUT2D eigenvalue weighted by Crippen LogP contribution is -2.17. The molecule has 0 aliphatic heterocycles. The Hall–Kier alpha value is -8.35. The molecule has 0 atom stereocenters. The van der Waals surface area contributed by atoms with Crippen molar-refractivity contribution >= 4 is 89.1 Å². The molecule has 9 aromatic carbocycles. The topological polar surface area (TPSA) is 58.8 Å². The second kappa shape index (κ2) is 13.8. The number of hydrogen-bond acceptors (Lipinski definition) is 6. The van der Waals surface area contributed by atoms with Gasteiger partial charge in [-0.05, 0) is 119 Å². The van der Waals surface area contributed by atoms with E-state index in [2.05, 4.69) is 187 Å². The first kappa shape index (κ1) is 36.3. The average Bonchev–Trinajstić information content (AvgIpc) is 4.10. The van der Waals surface area contributed by atoms with Crippen molar-refractivity contribution in [3.63, 3.8) is 0 Å². The number of fused-ring (bicyclic) bond motifs is 10. The van der Waals surface area contributed by atoms with Gasteiger partial charge in [0.15, 0.2) is 5.58 Å². The third kappa shape index (κ3) is 5.55. The number of oxazole rings is 1. The van der Waals surface area contributed by atoms with Crippen molar-refractivity contribution in [2.75, 3.05) is 9.80 Å². The lowest BCUT2D eigenvalue weighted by atomic mass is 9.82. The zero-order chi connectivity index (χ0) is 42.5. The summed E-state index contributed by atoms with van der Waals surface area (Å²) in [5.41, 5.74) is 16.3. The van der Waals surface area contributed by atoms with Crippen LogP contribution in [0.15, 0.2) is 213 Å². The summed E-state index contributed by atoms with van der Waals surface area (Å²) >= 11 is 0. The first-order valence-electron chi connectivity index (χ1n) is 21.7. The Balaban J connectivity index is 1.07. The molecule has 0 bridgehead atoms. The van der Waals surface area contributed by atoms with Crippen LogP contribution in [0.3, 0.4) is 0 Å². The van der Waals surface area contributed by atoms with Crippen LogP contribution in [0.1, 0.15) is 25.0 Å². The second-order valence-electron chi connectivity index (χ2n) is 17.2. The molecule has 13 rings (SSSR count). The van der Waals surface area contributed by atoms with Gasteiger partial charge in [-0.2, -0.15) is 0 Å². The molecule has 3 heterocycles. The summed E-state index contributed by atoms with van der Waals surface area (Å²) < 4.78 is 19.7. The monoisotopic (exact) mass is 825 g/mol. The minimum atomic E-state index is -0.198. The van der Waals surface area contributed by atoms with E-state index >= 15 is 0 Å². The fraction of sp³-hybridized carbons (Fsp3) is 0.0517. The van der Waals surface area contributed by atoms with E-state index in [1.54, 1.807) is 0 Å². The van der Waals surface area contributed by atoms with Crippen molar-refractivity contribution in [1.82, 2.24) is 4.98 Å². The largest absolute Gasteiger partial charge is 0.456 e. The van der Waals surface area contributed by atoms with Crippen molar-refractivity contribution in [2.24, 2.45) is 0 Å². The van der Waals surface area contributed by atoms with Gasteiger partial charge in [-0.3, -0.25) is 0 Å². The number of furan rings is 2. The molecular weight excluding hydrogens is 787 g/mol. The van der Waals surface area contributed by atoms with Gasteiger partial charge < -0.3 is 23.1 Å². The van der Waals surface area contributed by atoms with Crippen LogP contribution in [0.4, 0.5) is 34.1 Å². The number of hydrogen-bond donors (Lipinski definition) is 0. The lowest BCUT2D eigenvalue weighted by Gasteiger charge is -2.30. The normalized spacial score (nSPS) is 13.0. The van der Waals surface area contributed by atoms with Gasteiger partial charge in [-0.15, -0.1) is 0 Å². The van der Waals surface area contributed by atoms with E-state index in [1.165, 1.54) is 22.3 Å². The summed E-state index contributed by atoms with van der Waals surface area (Å²) in [5.74, 6) is 0.506. The van der Waals surface area contributed by atoms with Gasteiger partial charge >= 0.3 is 0 Å². The van der Waals surface area contributed by atoms with E-state index in [1.807, 2.05) is 36.4 Å². The van der Waals surface area contributed by atoms with E-state index in [0.717, 1.165) is 89.1 Å². The number of nitrogens with zero attached hydrogens (tertiary/aromatic N) is 3. The summed E-state index contributed by atoms with van der Waals surface area (Å²) in [7, 11) is 0. The molecule has 6 heteroatoms. The molecule has 1 aliphatic rings. The third-order valence-electron chi connectivity index (χ3n) is 13.1. The van der Waals surface area contributed by atoms with Crippen LogP contribution < -0.4 is 9.80 Å². The molecule has 304 valence electrons. The first-order valence-corrected chi connectivity index (χ1v) is 21.7. The standard InChI is InChI=1S/C58H39N3O3/c1-58(2)48-22-12-9-19-42(48)43-29-26-40(33-49(43)58)61(38-17-7-4-8-18-38)51-35-41(34-50-56(51)64-57(59-50)36-25-28-46-44-20-10-13-23-52(44)63-55(46)31-36)60(37-15-5-3-6-16-37)39-27-30-54-47(32-39)45-21-11-14-24-53(45)62-54/h3-35H,1-2H3. The fourth-order valence-electron chi connectivity index (χ4n) is 9.99. The highest BCUT2D eigenvalue weighted by Gasteiger charge is 2.36. The van der Waals surface area contributed by atoms with Gasteiger partial charge in [0, 0.05) is 55.3 Å². The maximum atomic E-state index is 7.03. The quantitative estimate of drug-likeness (QED) is 0.160. The number of benzene rings is 9. The maximum Gasteiger partial charge on any atom is 0.227 e. The lowest BCUT2D eigenvalue weighted by molar-refractivity contribution is 0.619. The van der Waals surface area contributed by atoms with E-state index in [-0.39, 0.29) is 5.41 Å². The molecule has 0 saturated carbocycles. The zero-order valence-corrected chi connectivity index (χ0v) is 35.1. The SMILES string of the molecule is CC1(C)c2ccccc2-c2ccc(N(c3ccccc3)c3cc(N(c4ccccc4)c4ccc5oc6ccccc6c5c4)cc4nc(-c5ccc6c(c5)oc5ccccc56)oc34)cc21. The van der Waals surface area contributed by atoms with Gasteiger partial charge in [-0.1, -0.05) is 117 Å². The third-order valence-corrected chi connectivity index (χ3v) is 13.1. The number of rotatable bonds is 7. The van der Waals surface area contributed by atoms with E-state index in [4.69, 9.17) is 18.2 Å². The van der Waals surface area contributed by atoms with Crippen molar-refractivity contribution < 1.29 is 13.3 Å². The van der Waals surface area contributed by atoms with E-state index < -0.39 is 0 Å². The number of para-hydroxylation sites is 4. The first-order chi connectivity index (χ1) is 31.5. The molecule has 3 aromatic heterocycles. The van der Waals surface area contributed by atoms with Crippen LogP contribution in [0, 0.1) is 0 Å². The van der Waals surface area contributed by atoms with Gasteiger partial charge in [0.2, 0.25) is 5.89 Å². The Morgan fingerprint density at radius 1 is 0.391 bits per heavy atom. The van der Waals surface area contributed by atoms with Crippen LogP contribution in [0.5, 0.6) is 0 Å². The van der Waals surface area contributed by atoms with Gasteiger partial charge in [0.25, 0.3) is 0 Å². The Bertz CT molecular complexity index is 3790. The molecule has 0 amide bonds. The van der Waals surface area contributed by atoms with Crippen molar-refractivity contribution in [3.05, 3.63) is 211 Å². The molecule has 0 spiro atoms. The molecular formula is C58H39N3O3. The molecule has 0 unspecified atom stereocenters. The molecule has 0 radical (unpaired) electrons. The van der Waals surface area contributed by atoms with Crippen LogP contribution in [0.25, 0.3) is 77.6 Å². The Labute approximate surface area is 368 Å². The Morgan fingerprint density at radius 3 is 1.77 bits per heavy atom. The summed E-state index contributed by atoms with van der Waals surface area (Å²) in [4.78, 5) is 9.93. The smallest absolute Gasteiger partial charge is 0.227 e. The molecule has 0 saturated heterocycles. The van der Waals surface area contributed by atoms with Crippen LogP contribution in [-0.2, 0) is 5.41 Å². The highest BCUT2D eigenvalue weighted by molar-refractivity contribution is 6.08. The van der Waals surface area contributed by atoms with Crippen LogP contribution in [-0.4, -0.2) is 4.98 Å². The highest BCUT2D eigenvalue weighted by Crippen LogP contribution is 2.52. The Kier molecular flexibility index (Phi) is 7.85. The molecule has 6 nitrogen and oxygen atoms in total. The fourth-order valence-corrected chi connectivity index (χ4v) is 9.99. The van der Waals surface area contributed by atoms with E-state index in [0.29, 0.717) is 11.5 Å². The maximum absolute atomic E-state index is 7.03. The van der Waals surface area contributed by atoms with Gasteiger partial charge in [0.05, 0.1) is 11.4 Å². The van der Waals surface area contributed by atoms with Crippen LogP contribution >= 0.6 is 0 Å². The molecule has 12 aromatic rings. The molecule has 0 N–H and O–H groups in total. The van der Waals surface area contributed by atoms with Crippen LogP contribution in [0.2, 0.25) is 0 Å². The summed E-state index contributed by atoms with van der Waals surface area (Å²) in [6, 6.07) is 70.1. The predicted octanol–water partition coefficient (Wildman–Crippen LogP) is 16.5. The molecule has 0 fully saturated rings. The van der Waals surface area contributed by atoms with Crippen molar-refractivity contribution in [2.45, 2.75) is 19.3 Å². The zero-order valence-electron chi connectivity index (χ0n) is 35.1. The predicted molar refractivity (Wildman–Crippen MR) is 261 cm³/mol. The molecule has 64 heavy (non-hydrogen) atoms. The highest BCUT2D eigenvalue weighted by atomic mass is 16.4. The minimum absolute atomic E-state index is 0.198. The van der Waals surface area contributed by atoms with Crippen molar-refractivity contribution in [1.29, 1.82) is 0 Å². The average molecular weight is 826 g/mol. The van der Waals surface area contributed by atoms with Crippen molar-refractivity contribution in [3.8, 4) is 22.6 Å². The minimum Gasteiger partial charge on any atom is -0.456 e. The number of aromatic nitrogens is 1. The summed E-state index contributed by atoms with van der Waals surface area (Å²) in [6.07, 6.45) is 0. The Morgan fingerprint density at radius 2 is 0.984 bits per heavy atom. The van der Waals surface area contributed by atoms with Gasteiger partial charge in [0.1, 0.15) is 27.8 Å². The van der Waals surface area contributed by atoms with E-state index in [9.17, 15) is 0 Å². The van der Waals surface area contributed by atoms with Gasteiger partial charge in [-0.25, -0.2) is 4.98 Å². The number of anilines is 6. The molecule has 1 aliphatic carbocycles. The second-order valence-corrected chi connectivity index (χ2v) is 17.2. The summed E-state index contributed by atoms with van der Waals surface area (Å²) in [5, 5.41) is 4.25.